The van der Waals surface area contributed by atoms with Crippen LogP contribution < -0.4 is 5.73 Å². The van der Waals surface area contributed by atoms with Crippen molar-refractivity contribution in [1.82, 2.24) is 4.98 Å². The van der Waals surface area contributed by atoms with Crippen LogP contribution in [0.15, 0.2) is 50.9 Å². The number of hydrogen-bond acceptors (Lipinski definition) is 3. The SMILES string of the molecule is CC(N)Cc1cc(Br)ccc1Sc1ccc(Cl)cn1. The van der Waals surface area contributed by atoms with E-state index in [0.717, 1.165) is 15.9 Å². The molecule has 2 nitrogen and oxygen atoms in total. The maximum atomic E-state index is 5.90. The monoisotopic (exact) mass is 356 g/mol. The zero-order chi connectivity index (χ0) is 13.8. The summed E-state index contributed by atoms with van der Waals surface area (Å²) in [5.41, 5.74) is 7.13. The van der Waals surface area contributed by atoms with Gasteiger partial charge in [0.2, 0.25) is 0 Å². The Bertz CT molecular complexity index is 558. The van der Waals surface area contributed by atoms with Crippen molar-refractivity contribution in [3.63, 3.8) is 0 Å². The Balaban J connectivity index is 2.26. The van der Waals surface area contributed by atoms with Gasteiger partial charge >= 0.3 is 0 Å². The summed E-state index contributed by atoms with van der Waals surface area (Å²) in [5.74, 6) is 0. The minimum Gasteiger partial charge on any atom is -0.328 e. The highest BCUT2D eigenvalue weighted by atomic mass is 79.9. The molecule has 1 atom stereocenters. The molecule has 5 heteroatoms. The van der Waals surface area contributed by atoms with Gasteiger partial charge in [-0.3, -0.25) is 0 Å². The summed E-state index contributed by atoms with van der Waals surface area (Å²) in [6, 6.07) is 10.1. The number of benzene rings is 1. The molecule has 1 aromatic carbocycles. The molecular weight excluding hydrogens is 344 g/mol. The van der Waals surface area contributed by atoms with Crippen molar-refractivity contribution in [1.29, 1.82) is 0 Å². The predicted molar refractivity (Wildman–Crippen MR) is 84.9 cm³/mol. The number of nitrogens with two attached hydrogens (primary N) is 1. The number of rotatable bonds is 4. The Hall–Kier alpha value is -0.550. The lowest BCUT2D eigenvalue weighted by Crippen LogP contribution is -2.18. The van der Waals surface area contributed by atoms with E-state index in [1.54, 1.807) is 18.0 Å². The van der Waals surface area contributed by atoms with Crippen molar-refractivity contribution >= 4 is 39.3 Å². The van der Waals surface area contributed by atoms with Crippen LogP contribution in [0, 0.1) is 0 Å². The Morgan fingerprint density at radius 3 is 2.79 bits per heavy atom. The predicted octanol–water partition coefficient (Wildman–Crippen LogP) is 4.54. The van der Waals surface area contributed by atoms with Crippen LogP contribution in [-0.4, -0.2) is 11.0 Å². The second kappa shape index (κ2) is 6.75. The lowest BCUT2D eigenvalue weighted by atomic mass is 10.1. The van der Waals surface area contributed by atoms with E-state index in [0.29, 0.717) is 5.02 Å². The van der Waals surface area contributed by atoms with Gasteiger partial charge in [-0.05, 0) is 49.2 Å². The third kappa shape index (κ3) is 4.49. The van der Waals surface area contributed by atoms with Crippen molar-refractivity contribution in [3.8, 4) is 0 Å². The molecule has 0 saturated heterocycles. The molecular formula is C14H14BrClN2S. The molecule has 0 radical (unpaired) electrons. The van der Waals surface area contributed by atoms with Gasteiger partial charge in [0.25, 0.3) is 0 Å². The van der Waals surface area contributed by atoms with Crippen LogP contribution in [-0.2, 0) is 6.42 Å². The van der Waals surface area contributed by atoms with Crippen LogP contribution in [0.25, 0.3) is 0 Å². The lowest BCUT2D eigenvalue weighted by molar-refractivity contribution is 0.729. The summed E-state index contributed by atoms with van der Waals surface area (Å²) >= 11 is 11.0. The van der Waals surface area contributed by atoms with Gasteiger partial charge in [-0.2, -0.15) is 0 Å². The van der Waals surface area contributed by atoms with Crippen LogP contribution in [0.3, 0.4) is 0 Å². The van der Waals surface area contributed by atoms with Gasteiger partial charge in [0, 0.05) is 21.6 Å². The Labute approximate surface area is 130 Å². The van der Waals surface area contributed by atoms with E-state index in [1.165, 1.54) is 10.5 Å². The van der Waals surface area contributed by atoms with Gasteiger partial charge in [-0.1, -0.05) is 39.3 Å². The second-order valence-corrected chi connectivity index (χ2v) is 6.76. The molecule has 100 valence electrons. The average Bonchev–Trinajstić information content (AvgIpc) is 2.34. The Morgan fingerprint density at radius 2 is 2.16 bits per heavy atom. The van der Waals surface area contributed by atoms with Gasteiger partial charge in [0.05, 0.1) is 5.02 Å². The minimum atomic E-state index is 0.131. The molecule has 0 amide bonds. The summed E-state index contributed by atoms with van der Waals surface area (Å²) in [5, 5.41) is 1.58. The van der Waals surface area contributed by atoms with E-state index in [-0.39, 0.29) is 6.04 Å². The van der Waals surface area contributed by atoms with Gasteiger partial charge in [0.1, 0.15) is 5.03 Å². The Morgan fingerprint density at radius 1 is 1.37 bits per heavy atom. The number of aromatic nitrogens is 1. The largest absolute Gasteiger partial charge is 0.328 e. The quantitative estimate of drug-likeness (QED) is 0.873. The van der Waals surface area contributed by atoms with E-state index in [1.807, 2.05) is 25.1 Å². The third-order valence-corrected chi connectivity index (χ3v) is 4.26. The highest BCUT2D eigenvalue weighted by Gasteiger charge is 2.08. The van der Waals surface area contributed by atoms with Crippen molar-refractivity contribution < 1.29 is 0 Å². The first-order chi connectivity index (χ1) is 9.04. The summed E-state index contributed by atoms with van der Waals surface area (Å²) in [6.07, 6.45) is 2.50. The first-order valence-electron chi connectivity index (χ1n) is 5.88. The zero-order valence-electron chi connectivity index (χ0n) is 10.4. The van der Waals surface area contributed by atoms with Crippen LogP contribution in [0.4, 0.5) is 0 Å². The normalized spacial score (nSPS) is 12.4. The summed E-state index contributed by atoms with van der Waals surface area (Å²) < 4.78 is 1.07. The highest BCUT2D eigenvalue weighted by Crippen LogP contribution is 2.32. The number of pyridine rings is 1. The highest BCUT2D eigenvalue weighted by molar-refractivity contribution is 9.10. The van der Waals surface area contributed by atoms with Gasteiger partial charge in [0.15, 0.2) is 0 Å². The van der Waals surface area contributed by atoms with Crippen LogP contribution >= 0.6 is 39.3 Å². The number of hydrogen-bond donors (Lipinski definition) is 1. The fourth-order valence-corrected chi connectivity index (χ4v) is 3.09. The molecule has 0 aliphatic rings. The molecule has 19 heavy (non-hydrogen) atoms. The lowest BCUT2D eigenvalue weighted by Gasteiger charge is -2.11. The van der Waals surface area contributed by atoms with E-state index in [2.05, 4.69) is 33.0 Å². The summed E-state index contributed by atoms with van der Waals surface area (Å²) in [7, 11) is 0. The molecule has 0 fully saturated rings. The van der Waals surface area contributed by atoms with Crippen LogP contribution in [0.2, 0.25) is 5.02 Å². The molecule has 0 aliphatic heterocycles. The Kier molecular flexibility index (Phi) is 5.28. The van der Waals surface area contributed by atoms with E-state index in [4.69, 9.17) is 17.3 Å². The fourth-order valence-electron chi connectivity index (χ4n) is 1.69. The van der Waals surface area contributed by atoms with E-state index < -0.39 is 0 Å². The van der Waals surface area contributed by atoms with Crippen molar-refractivity contribution in [2.75, 3.05) is 0 Å². The molecule has 1 heterocycles. The molecule has 0 aliphatic carbocycles. The number of halogens is 2. The maximum Gasteiger partial charge on any atom is 0.101 e. The van der Waals surface area contributed by atoms with E-state index in [9.17, 15) is 0 Å². The van der Waals surface area contributed by atoms with E-state index >= 15 is 0 Å². The third-order valence-electron chi connectivity index (χ3n) is 2.48. The number of nitrogens with zero attached hydrogens (tertiary/aromatic N) is 1. The molecule has 2 N–H and O–H groups in total. The summed E-state index contributed by atoms with van der Waals surface area (Å²) in [6.45, 7) is 2.01. The second-order valence-electron chi connectivity index (χ2n) is 4.35. The molecule has 0 saturated carbocycles. The molecule has 2 aromatic rings. The topological polar surface area (TPSA) is 38.9 Å². The fraction of sp³-hybridized carbons (Fsp3) is 0.214. The smallest absolute Gasteiger partial charge is 0.101 e. The van der Waals surface area contributed by atoms with Gasteiger partial charge in [-0.15, -0.1) is 0 Å². The molecule has 1 aromatic heterocycles. The minimum absolute atomic E-state index is 0.131. The molecule has 1 unspecified atom stereocenters. The van der Waals surface area contributed by atoms with Crippen LogP contribution in [0.1, 0.15) is 12.5 Å². The maximum absolute atomic E-state index is 5.90. The average molecular weight is 358 g/mol. The van der Waals surface area contributed by atoms with Crippen molar-refractivity contribution in [2.45, 2.75) is 29.3 Å². The summed E-state index contributed by atoms with van der Waals surface area (Å²) in [4.78, 5) is 5.48. The standard InChI is InChI=1S/C14H14BrClN2S/c1-9(17)6-10-7-11(15)2-4-13(10)19-14-5-3-12(16)8-18-14/h2-5,7-9H,6,17H2,1H3. The van der Waals surface area contributed by atoms with Gasteiger partial charge in [-0.25, -0.2) is 4.98 Å². The first-order valence-corrected chi connectivity index (χ1v) is 7.87. The molecule has 0 bridgehead atoms. The van der Waals surface area contributed by atoms with Gasteiger partial charge < -0.3 is 5.73 Å². The van der Waals surface area contributed by atoms with Crippen molar-refractivity contribution in [2.24, 2.45) is 5.73 Å². The first kappa shape index (κ1) is 14.9. The van der Waals surface area contributed by atoms with Crippen LogP contribution in [0.5, 0.6) is 0 Å². The zero-order valence-corrected chi connectivity index (χ0v) is 13.6. The molecule has 2 rings (SSSR count). The van der Waals surface area contributed by atoms with Crippen molar-refractivity contribution in [3.05, 3.63) is 51.6 Å². The molecule has 0 spiro atoms.